The molecular formula is C13H24O2. The van der Waals surface area contributed by atoms with E-state index in [1.54, 1.807) is 0 Å². The van der Waals surface area contributed by atoms with Crippen LogP contribution in [0, 0.1) is 17.3 Å². The first kappa shape index (κ1) is 11.4. The molecule has 0 aromatic carbocycles. The minimum absolute atomic E-state index is 0.153. The molecule has 1 N–H and O–H groups in total. The highest BCUT2D eigenvalue weighted by molar-refractivity contribution is 5.17. The zero-order valence-electron chi connectivity index (χ0n) is 10.4. The molecule has 1 aliphatic carbocycles. The number of hydrogen-bond donors (Lipinski definition) is 1. The van der Waals surface area contributed by atoms with E-state index in [1.165, 1.54) is 12.8 Å². The van der Waals surface area contributed by atoms with Gasteiger partial charge in [-0.15, -0.1) is 0 Å². The fourth-order valence-corrected chi connectivity index (χ4v) is 3.12. The van der Waals surface area contributed by atoms with Crippen LogP contribution in [0.1, 0.15) is 47.0 Å². The number of fused-ring (bicyclic) bond motifs is 1. The molecule has 0 amide bonds. The lowest BCUT2D eigenvalue weighted by molar-refractivity contribution is 0.0633. The summed E-state index contributed by atoms with van der Waals surface area (Å²) < 4.78 is 5.77. The lowest BCUT2D eigenvalue weighted by Crippen LogP contribution is -2.33. The zero-order chi connectivity index (χ0) is 11.3. The quantitative estimate of drug-likeness (QED) is 0.727. The first-order chi connectivity index (χ1) is 6.91. The number of rotatable bonds is 4. The van der Waals surface area contributed by atoms with E-state index in [1.807, 2.05) is 0 Å². The Morgan fingerprint density at radius 3 is 2.53 bits per heavy atom. The van der Waals surface area contributed by atoms with Crippen LogP contribution in [0.3, 0.4) is 0 Å². The molecule has 4 atom stereocenters. The number of hydrogen-bond acceptors (Lipinski definition) is 2. The Hall–Kier alpha value is -0.0800. The van der Waals surface area contributed by atoms with E-state index in [0.29, 0.717) is 24.0 Å². The maximum Gasteiger partial charge on any atom is 0.0973 e. The van der Waals surface area contributed by atoms with Gasteiger partial charge in [0, 0.05) is 6.61 Å². The van der Waals surface area contributed by atoms with Gasteiger partial charge in [0.15, 0.2) is 0 Å². The molecule has 0 bridgehead atoms. The lowest BCUT2D eigenvalue weighted by atomic mass is 9.72. The molecule has 0 radical (unpaired) electrons. The van der Waals surface area contributed by atoms with Gasteiger partial charge in [-0.3, -0.25) is 0 Å². The van der Waals surface area contributed by atoms with Crippen molar-refractivity contribution in [2.24, 2.45) is 17.3 Å². The van der Waals surface area contributed by atoms with Crippen LogP contribution in [0.25, 0.3) is 0 Å². The number of ether oxygens (including phenoxy) is 1. The third-order valence-corrected chi connectivity index (χ3v) is 5.06. The molecule has 88 valence electrons. The Bertz CT molecular complexity index is 249. The van der Waals surface area contributed by atoms with E-state index in [2.05, 4.69) is 27.7 Å². The summed E-state index contributed by atoms with van der Waals surface area (Å²) in [5, 5.41) is 9.03. The monoisotopic (exact) mass is 212 g/mol. The van der Waals surface area contributed by atoms with E-state index in [4.69, 9.17) is 9.84 Å². The Kier molecular flexibility index (Phi) is 2.63. The van der Waals surface area contributed by atoms with Crippen LogP contribution in [0.15, 0.2) is 0 Å². The van der Waals surface area contributed by atoms with Crippen molar-refractivity contribution >= 4 is 0 Å². The van der Waals surface area contributed by atoms with Crippen molar-refractivity contribution in [3.05, 3.63) is 0 Å². The number of aliphatic hydroxyl groups excluding tert-OH is 1. The SMILES string of the molecule is CC(CO)CC[C@H]1C[C@@H]2O[C@]2(C)C1(C)C. The van der Waals surface area contributed by atoms with Crippen molar-refractivity contribution in [1.82, 2.24) is 0 Å². The van der Waals surface area contributed by atoms with Crippen molar-refractivity contribution in [3.8, 4) is 0 Å². The molecule has 2 rings (SSSR count). The lowest BCUT2D eigenvalue weighted by Gasteiger charge is -2.34. The topological polar surface area (TPSA) is 32.8 Å². The predicted molar refractivity (Wildman–Crippen MR) is 60.6 cm³/mol. The second kappa shape index (κ2) is 3.46. The summed E-state index contributed by atoms with van der Waals surface area (Å²) in [5.41, 5.74) is 0.465. The number of aliphatic hydroxyl groups is 1. The first-order valence-electron chi connectivity index (χ1n) is 6.20. The smallest absolute Gasteiger partial charge is 0.0973 e. The zero-order valence-corrected chi connectivity index (χ0v) is 10.4. The Morgan fingerprint density at radius 2 is 2.07 bits per heavy atom. The molecular weight excluding hydrogens is 188 g/mol. The van der Waals surface area contributed by atoms with Gasteiger partial charge >= 0.3 is 0 Å². The molecule has 2 heteroatoms. The summed E-state index contributed by atoms with van der Waals surface area (Å²) in [6.45, 7) is 9.39. The molecule has 2 aliphatic rings. The van der Waals surface area contributed by atoms with E-state index in [-0.39, 0.29) is 5.60 Å². The van der Waals surface area contributed by atoms with Crippen LogP contribution in [-0.2, 0) is 4.74 Å². The van der Waals surface area contributed by atoms with Crippen LogP contribution in [0.2, 0.25) is 0 Å². The van der Waals surface area contributed by atoms with Gasteiger partial charge in [0.25, 0.3) is 0 Å². The van der Waals surface area contributed by atoms with Gasteiger partial charge in [0.05, 0.1) is 11.7 Å². The molecule has 15 heavy (non-hydrogen) atoms. The minimum atomic E-state index is 0.153. The molecule has 1 aliphatic heterocycles. The van der Waals surface area contributed by atoms with E-state index < -0.39 is 0 Å². The van der Waals surface area contributed by atoms with Crippen LogP contribution in [-0.4, -0.2) is 23.4 Å². The fraction of sp³-hybridized carbons (Fsp3) is 1.00. The predicted octanol–water partition coefficient (Wildman–Crippen LogP) is 2.60. The maximum atomic E-state index is 9.03. The summed E-state index contributed by atoms with van der Waals surface area (Å²) in [5.74, 6) is 1.22. The van der Waals surface area contributed by atoms with Gasteiger partial charge in [0.2, 0.25) is 0 Å². The summed E-state index contributed by atoms with van der Waals surface area (Å²) >= 11 is 0. The van der Waals surface area contributed by atoms with Gasteiger partial charge in [-0.2, -0.15) is 0 Å². The third kappa shape index (κ3) is 1.62. The van der Waals surface area contributed by atoms with Gasteiger partial charge in [-0.25, -0.2) is 0 Å². The average molecular weight is 212 g/mol. The van der Waals surface area contributed by atoms with Gasteiger partial charge in [0.1, 0.15) is 0 Å². The Labute approximate surface area is 93.0 Å². The minimum Gasteiger partial charge on any atom is -0.396 e. The molecule has 0 spiro atoms. The second-order valence-electron chi connectivity index (χ2n) is 6.23. The second-order valence-corrected chi connectivity index (χ2v) is 6.23. The van der Waals surface area contributed by atoms with Crippen molar-refractivity contribution < 1.29 is 9.84 Å². The summed E-state index contributed by atoms with van der Waals surface area (Å²) in [4.78, 5) is 0. The molecule has 2 nitrogen and oxygen atoms in total. The Balaban J connectivity index is 1.90. The van der Waals surface area contributed by atoms with Gasteiger partial charge in [-0.05, 0) is 43.4 Å². The van der Waals surface area contributed by atoms with Crippen molar-refractivity contribution in [3.63, 3.8) is 0 Å². The van der Waals surface area contributed by atoms with Crippen molar-refractivity contribution in [2.75, 3.05) is 6.61 Å². The summed E-state index contributed by atoms with van der Waals surface area (Å²) in [7, 11) is 0. The van der Waals surface area contributed by atoms with Crippen LogP contribution in [0.4, 0.5) is 0 Å². The fourth-order valence-electron chi connectivity index (χ4n) is 3.12. The Morgan fingerprint density at radius 1 is 1.40 bits per heavy atom. The first-order valence-corrected chi connectivity index (χ1v) is 6.20. The normalized spacial score (nSPS) is 43.8. The highest BCUT2D eigenvalue weighted by Gasteiger charge is 2.69. The molecule has 0 aromatic heterocycles. The third-order valence-electron chi connectivity index (χ3n) is 5.06. The average Bonchev–Trinajstić information content (AvgIpc) is 2.80. The maximum absolute atomic E-state index is 9.03. The summed E-state index contributed by atoms with van der Waals surface area (Å²) in [6, 6.07) is 0. The molecule has 1 unspecified atom stereocenters. The molecule has 1 heterocycles. The number of epoxide rings is 1. The molecule has 2 fully saturated rings. The standard InChI is InChI=1S/C13H24O2/c1-9(8-14)5-6-10-7-11-13(4,15-11)12(10,2)3/h9-11,14H,5-8H2,1-4H3/t9?,10-,11-,13-/m0/s1. The molecule has 1 saturated carbocycles. The van der Waals surface area contributed by atoms with E-state index in [9.17, 15) is 0 Å². The van der Waals surface area contributed by atoms with Crippen LogP contribution in [0.5, 0.6) is 0 Å². The molecule has 1 saturated heterocycles. The van der Waals surface area contributed by atoms with Crippen molar-refractivity contribution in [1.29, 1.82) is 0 Å². The molecule has 0 aromatic rings. The van der Waals surface area contributed by atoms with Crippen LogP contribution < -0.4 is 0 Å². The summed E-state index contributed by atoms with van der Waals surface area (Å²) in [6.07, 6.45) is 4.13. The highest BCUT2D eigenvalue weighted by Crippen LogP contribution is 2.64. The van der Waals surface area contributed by atoms with E-state index in [0.717, 1.165) is 12.3 Å². The largest absolute Gasteiger partial charge is 0.396 e. The van der Waals surface area contributed by atoms with Crippen molar-refractivity contribution in [2.45, 2.75) is 58.7 Å². The van der Waals surface area contributed by atoms with E-state index >= 15 is 0 Å². The highest BCUT2D eigenvalue weighted by atomic mass is 16.6. The van der Waals surface area contributed by atoms with Crippen LogP contribution >= 0.6 is 0 Å². The van der Waals surface area contributed by atoms with Gasteiger partial charge < -0.3 is 9.84 Å². The van der Waals surface area contributed by atoms with Gasteiger partial charge in [-0.1, -0.05) is 20.8 Å².